The van der Waals surface area contributed by atoms with Crippen molar-refractivity contribution in [3.8, 4) is 0 Å². The highest BCUT2D eigenvalue weighted by molar-refractivity contribution is 7.89. The van der Waals surface area contributed by atoms with Crippen LogP contribution >= 0.6 is 34.5 Å². The van der Waals surface area contributed by atoms with Gasteiger partial charge < -0.3 is 4.90 Å². The van der Waals surface area contributed by atoms with E-state index in [0.29, 0.717) is 47.5 Å². The van der Waals surface area contributed by atoms with Gasteiger partial charge in [-0.05, 0) is 67.6 Å². The van der Waals surface area contributed by atoms with Crippen LogP contribution in [0.25, 0.3) is 0 Å². The summed E-state index contributed by atoms with van der Waals surface area (Å²) < 4.78 is 28.6. The fraction of sp³-hybridized carbons (Fsp3) is 0.375. The summed E-state index contributed by atoms with van der Waals surface area (Å²) in [6, 6.07) is 7.54. The van der Waals surface area contributed by atoms with Crippen LogP contribution in [0.15, 0.2) is 34.5 Å². The summed E-state index contributed by atoms with van der Waals surface area (Å²) in [5, 5.41) is 4.19. The third-order valence-corrected chi connectivity index (χ3v) is 10.0. The molecule has 0 N–H and O–H groups in total. The number of anilines is 1. The molecule has 0 aliphatic carbocycles. The van der Waals surface area contributed by atoms with E-state index in [4.69, 9.17) is 28.2 Å². The monoisotopic (exact) mass is 523 g/mol. The number of aromatic nitrogens is 1. The molecule has 1 aliphatic rings. The molecule has 3 aromatic rings. The summed E-state index contributed by atoms with van der Waals surface area (Å²) in [7, 11) is -3.55. The van der Waals surface area contributed by atoms with Gasteiger partial charge in [0.1, 0.15) is 0 Å². The second-order valence-corrected chi connectivity index (χ2v) is 12.1. The Morgan fingerprint density at radius 2 is 1.61 bits per heavy atom. The lowest BCUT2D eigenvalue weighted by molar-refractivity contribution is 0.384. The van der Waals surface area contributed by atoms with Gasteiger partial charge in [-0.3, -0.25) is 0 Å². The van der Waals surface area contributed by atoms with Crippen LogP contribution < -0.4 is 4.90 Å². The van der Waals surface area contributed by atoms with Gasteiger partial charge in [0.05, 0.1) is 10.6 Å². The maximum atomic E-state index is 13.5. The first kappa shape index (κ1) is 24.5. The molecule has 0 unspecified atom stereocenters. The van der Waals surface area contributed by atoms with E-state index in [0.717, 1.165) is 38.6 Å². The number of hydrogen-bond acceptors (Lipinski definition) is 5. The first-order chi connectivity index (χ1) is 15.6. The van der Waals surface area contributed by atoms with E-state index in [1.807, 2.05) is 45.2 Å². The standard InChI is InChI=1S/C24H27Cl2N3O2S2/c1-15-11-16(2)18(4)23(17(15)3)33(30,31)29-9-7-28(8-10-29)24-27-21(14-32-24)12-19-5-6-20(25)13-22(19)26/h5-6,11,13-14H,7-10,12H2,1-4H3. The van der Waals surface area contributed by atoms with Crippen LogP contribution in [0, 0.1) is 27.7 Å². The van der Waals surface area contributed by atoms with E-state index in [1.165, 1.54) is 0 Å². The molecule has 2 heterocycles. The highest BCUT2D eigenvalue weighted by Gasteiger charge is 2.32. The topological polar surface area (TPSA) is 53.5 Å². The third-order valence-electron chi connectivity index (χ3n) is 6.33. The van der Waals surface area contributed by atoms with Crippen LogP contribution in [0.4, 0.5) is 5.13 Å². The molecule has 1 aliphatic heterocycles. The van der Waals surface area contributed by atoms with Crippen molar-refractivity contribution in [2.75, 3.05) is 31.1 Å². The molecule has 1 saturated heterocycles. The van der Waals surface area contributed by atoms with Crippen LogP contribution in [0.2, 0.25) is 10.0 Å². The van der Waals surface area contributed by atoms with Crippen molar-refractivity contribution in [1.82, 2.24) is 9.29 Å². The molecule has 0 spiro atoms. The van der Waals surface area contributed by atoms with E-state index in [9.17, 15) is 8.42 Å². The van der Waals surface area contributed by atoms with Crippen molar-refractivity contribution in [2.45, 2.75) is 39.0 Å². The molecule has 0 bridgehead atoms. The van der Waals surface area contributed by atoms with Gasteiger partial charge in [-0.15, -0.1) is 11.3 Å². The van der Waals surface area contributed by atoms with Crippen molar-refractivity contribution in [3.63, 3.8) is 0 Å². The number of nitrogens with zero attached hydrogens (tertiary/aromatic N) is 3. The molecule has 1 fully saturated rings. The Hall–Kier alpha value is -1.64. The van der Waals surface area contributed by atoms with Crippen LogP contribution in [-0.2, 0) is 16.4 Å². The Bertz CT molecular complexity index is 1270. The number of halogens is 2. The molecule has 0 amide bonds. The van der Waals surface area contributed by atoms with E-state index >= 15 is 0 Å². The molecule has 2 aromatic carbocycles. The molecule has 9 heteroatoms. The van der Waals surface area contributed by atoms with Crippen molar-refractivity contribution in [3.05, 3.63) is 73.2 Å². The molecule has 0 saturated carbocycles. The van der Waals surface area contributed by atoms with Crippen molar-refractivity contribution >= 4 is 49.7 Å². The van der Waals surface area contributed by atoms with Gasteiger partial charge in [-0.1, -0.05) is 35.3 Å². The van der Waals surface area contributed by atoms with E-state index < -0.39 is 10.0 Å². The summed E-state index contributed by atoms with van der Waals surface area (Å²) in [5.74, 6) is 0. The zero-order valence-electron chi connectivity index (χ0n) is 19.2. The molecule has 0 atom stereocenters. The van der Waals surface area contributed by atoms with Crippen LogP contribution in [0.3, 0.4) is 0 Å². The number of hydrogen-bond donors (Lipinski definition) is 0. The van der Waals surface area contributed by atoms with Crippen molar-refractivity contribution in [1.29, 1.82) is 0 Å². The number of aryl methyl sites for hydroxylation is 2. The Balaban J connectivity index is 1.47. The highest BCUT2D eigenvalue weighted by Crippen LogP contribution is 2.31. The van der Waals surface area contributed by atoms with E-state index in [1.54, 1.807) is 21.7 Å². The minimum absolute atomic E-state index is 0.437. The fourth-order valence-electron chi connectivity index (χ4n) is 4.20. The maximum absolute atomic E-state index is 13.5. The predicted molar refractivity (Wildman–Crippen MR) is 138 cm³/mol. The lowest BCUT2D eigenvalue weighted by Crippen LogP contribution is -2.49. The lowest BCUT2D eigenvalue weighted by atomic mass is 10.0. The van der Waals surface area contributed by atoms with Crippen LogP contribution in [-0.4, -0.2) is 43.9 Å². The Labute approximate surface area is 210 Å². The molecule has 176 valence electrons. The fourth-order valence-corrected chi connectivity index (χ4v) is 7.55. The number of benzene rings is 2. The average molecular weight is 525 g/mol. The number of rotatable bonds is 5. The third kappa shape index (κ3) is 4.93. The van der Waals surface area contributed by atoms with Gasteiger partial charge in [0, 0.05) is 48.0 Å². The van der Waals surface area contributed by atoms with Gasteiger partial charge in [-0.25, -0.2) is 13.4 Å². The minimum Gasteiger partial charge on any atom is -0.345 e. The predicted octanol–water partition coefficient (Wildman–Crippen LogP) is 5.79. The van der Waals surface area contributed by atoms with Gasteiger partial charge in [-0.2, -0.15) is 4.31 Å². The summed E-state index contributed by atoms with van der Waals surface area (Å²) in [6.07, 6.45) is 0.631. The van der Waals surface area contributed by atoms with E-state index in [-0.39, 0.29) is 0 Å². The molecule has 33 heavy (non-hydrogen) atoms. The Morgan fingerprint density at radius 1 is 0.970 bits per heavy atom. The van der Waals surface area contributed by atoms with E-state index in [2.05, 4.69) is 11.0 Å². The van der Waals surface area contributed by atoms with Crippen LogP contribution in [0.5, 0.6) is 0 Å². The smallest absolute Gasteiger partial charge is 0.243 e. The first-order valence-corrected chi connectivity index (χ1v) is 13.9. The molecule has 1 aromatic heterocycles. The van der Waals surface area contributed by atoms with Crippen LogP contribution in [0.1, 0.15) is 33.5 Å². The zero-order chi connectivity index (χ0) is 23.9. The van der Waals surface area contributed by atoms with Gasteiger partial charge >= 0.3 is 0 Å². The molecular weight excluding hydrogens is 497 g/mol. The van der Waals surface area contributed by atoms with Crippen molar-refractivity contribution < 1.29 is 8.42 Å². The van der Waals surface area contributed by atoms with Crippen molar-refractivity contribution in [2.24, 2.45) is 0 Å². The number of thiazole rings is 1. The summed E-state index contributed by atoms with van der Waals surface area (Å²) >= 11 is 13.9. The number of piperazine rings is 1. The molecule has 4 rings (SSSR count). The second-order valence-electron chi connectivity index (χ2n) is 8.51. The number of sulfonamides is 1. The van der Waals surface area contributed by atoms with Gasteiger partial charge in [0.15, 0.2) is 5.13 Å². The Kier molecular flexibility index (Phi) is 7.08. The Morgan fingerprint density at radius 3 is 2.21 bits per heavy atom. The zero-order valence-corrected chi connectivity index (χ0v) is 22.3. The molecule has 0 radical (unpaired) electrons. The maximum Gasteiger partial charge on any atom is 0.243 e. The SMILES string of the molecule is Cc1cc(C)c(C)c(S(=O)(=O)N2CCN(c3nc(Cc4ccc(Cl)cc4Cl)cs3)CC2)c1C. The average Bonchev–Trinajstić information content (AvgIpc) is 3.23. The summed E-state index contributed by atoms with van der Waals surface area (Å²) in [4.78, 5) is 7.39. The molecule has 5 nitrogen and oxygen atoms in total. The summed E-state index contributed by atoms with van der Waals surface area (Å²) in [6.45, 7) is 9.82. The highest BCUT2D eigenvalue weighted by atomic mass is 35.5. The second kappa shape index (κ2) is 9.55. The lowest BCUT2D eigenvalue weighted by Gasteiger charge is -2.34. The normalized spacial score (nSPS) is 15.3. The van der Waals surface area contributed by atoms with Gasteiger partial charge in [0.2, 0.25) is 10.0 Å². The quantitative estimate of drug-likeness (QED) is 0.424. The van der Waals surface area contributed by atoms with Gasteiger partial charge in [0.25, 0.3) is 0 Å². The summed E-state index contributed by atoms with van der Waals surface area (Å²) in [5.41, 5.74) is 5.61. The largest absolute Gasteiger partial charge is 0.345 e. The first-order valence-electron chi connectivity index (χ1n) is 10.8. The minimum atomic E-state index is -3.55. The molecular formula is C24H27Cl2N3O2S2.